The Kier molecular flexibility index (Phi) is 5.18. The molecule has 1 atom stereocenters. The summed E-state index contributed by atoms with van der Waals surface area (Å²) in [6.45, 7) is 3.16. The minimum absolute atomic E-state index is 0.109. The highest BCUT2D eigenvalue weighted by atomic mass is 32.2. The third kappa shape index (κ3) is 3.77. The fourth-order valence-electron chi connectivity index (χ4n) is 1.30. The standard InChI is InChI=1S/C10H17N3O2S/c1-3-13-7-6-12-9(10(13)14)11-5-4-8-16(2)15/h6-7H,3-5,8H2,1-2H3,(H,11,12). The first-order valence-electron chi connectivity index (χ1n) is 5.24. The molecule has 1 aromatic heterocycles. The number of nitrogens with zero attached hydrogens (tertiary/aromatic N) is 2. The minimum Gasteiger partial charge on any atom is -0.365 e. The van der Waals surface area contributed by atoms with E-state index in [0.29, 0.717) is 24.7 Å². The number of aromatic nitrogens is 2. The Bertz CT molecular complexity index is 417. The largest absolute Gasteiger partial charge is 0.365 e. The molecule has 5 nitrogen and oxygen atoms in total. The molecule has 0 saturated carbocycles. The third-order valence-electron chi connectivity index (χ3n) is 2.16. The van der Waals surface area contributed by atoms with Crippen molar-refractivity contribution < 1.29 is 4.21 Å². The van der Waals surface area contributed by atoms with E-state index in [1.807, 2.05) is 6.92 Å². The Morgan fingerprint density at radius 2 is 2.31 bits per heavy atom. The zero-order valence-electron chi connectivity index (χ0n) is 9.60. The number of anilines is 1. The Morgan fingerprint density at radius 1 is 1.56 bits per heavy atom. The number of rotatable bonds is 6. The highest BCUT2D eigenvalue weighted by Gasteiger charge is 2.02. The second kappa shape index (κ2) is 6.42. The van der Waals surface area contributed by atoms with Gasteiger partial charge in [0.2, 0.25) is 0 Å². The van der Waals surface area contributed by atoms with Crippen LogP contribution in [-0.4, -0.2) is 32.3 Å². The van der Waals surface area contributed by atoms with Gasteiger partial charge in [-0.2, -0.15) is 0 Å². The molecule has 16 heavy (non-hydrogen) atoms. The molecule has 0 spiro atoms. The van der Waals surface area contributed by atoms with Crippen molar-refractivity contribution in [3.8, 4) is 0 Å². The van der Waals surface area contributed by atoms with Crippen LogP contribution >= 0.6 is 0 Å². The van der Waals surface area contributed by atoms with E-state index in [-0.39, 0.29) is 5.56 Å². The summed E-state index contributed by atoms with van der Waals surface area (Å²) in [6, 6.07) is 0. The van der Waals surface area contributed by atoms with Crippen molar-refractivity contribution >= 4 is 16.6 Å². The SMILES string of the molecule is CCn1ccnc(NCCCS(C)=O)c1=O. The van der Waals surface area contributed by atoms with Crippen LogP contribution in [0.1, 0.15) is 13.3 Å². The fourth-order valence-corrected chi connectivity index (χ4v) is 1.85. The van der Waals surface area contributed by atoms with Gasteiger partial charge in [0.05, 0.1) is 0 Å². The maximum Gasteiger partial charge on any atom is 0.293 e. The molecule has 1 unspecified atom stereocenters. The normalized spacial score (nSPS) is 12.4. The lowest BCUT2D eigenvalue weighted by atomic mass is 10.4. The van der Waals surface area contributed by atoms with E-state index in [1.54, 1.807) is 23.2 Å². The van der Waals surface area contributed by atoms with Crippen LogP contribution < -0.4 is 10.9 Å². The maximum atomic E-state index is 11.7. The molecule has 0 aliphatic rings. The molecular formula is C10H17N3O2S. The molecule has 0 amide bonds. The van der Waals surface area contributed by atoms with Crippen LogP contribution in [0, 0.1) is 0 Å². The van der Waals surface area contributed by atoms with E-state index >= 15 is 0 Å². The molecule has 90 valence electrons. The number of hydrogen-bond acceptors (Lipinski definition) is 4. The van der Waals surface area contributed by atoms with Crippen LogP contribution in [0.25, 0.3) is 0 Å². The van der Waals surface area contributed by atoms with Crippen molar-refractivity contribution in [2.45, 2.75) is 19.9 Å². The summed E-state index contributed by atoms with van der Waals surface area (Å²) >= 11 is 0. The van der Waals surface area contributed by atoms with E-state index < -0.39 is 10.8 Å². The average molecular weight is 243 g/mol. The highest BCUT2D eigenvalue weighted by molar-refractivity contribution is 7.84. The predicted octanol–water partition coefficient (Wildman–Crippen LogP) is 0.444. The molecule has 0 aliphatic heterocycles. The molecule has 0 aliphatic carbocycles. The molecule has 0 saturated heterocycles. The Morgan fingerprint density at radius 3 is 2.94 bits per heavy atom. The summed E-state index contributed by atoms with van der Waals surface area (Å²) in [6.07, 6.45) is 5.70. The van der Waals surface area contributed by atoms with Crippen LogP contribution in [0.4, 0.5) is 5.82 Å². The van der Waals surface area contributed by atoms with Crippen molar-refractivity contribution in [1.29, 1.82) is 0 Å². The van der Waals surface area contributed by atoms with Gasteiger partial charge in [0.1, 0.15) is 0 Å². The zero-order chi connectivity index (χ0) is 12.0. The lowest BCUT2D eigenvalue weighted by Gasteiger charge is -2.06. The van der Waals surface area contributed by atoms with Crippen molar-refractivity contribution in [3.05, 3.63) is 22.7 Å². The van der Waals surface area contributed by atoms with Crippen LogP contribution in [0.15, 0.2) is 17.2 Å². The van der Waals surface area contributed by atoms with Gasteiger partial charge in [-0.15, -0.1) is 0 Å². The molecule has 0 bridgehead atoms. The van der Waals surface area contributed by atoms with Crippen LogP contribution in [0.5, 0.6) is 0 Å². The van der Waals surface area contributed by atoms with E-state index in [0.717, 1.165) is 6.42 Å². The van der Waals surface area contributed by atoms with Crippen molar-refractivity contribution in [3.63, 3.8) is 0 Å². The van der Waals surface area contributed by atoms with E-state index in [1.165, 1.54) is 0 Å². The molecule has 1 heterocycles. The average Bonchev–Trinajstić information content (AvgIpc) is 2.26. The summed E-state index contributed by atoms with van der Waals surface area (Å²) in [5.74, 6) is 1.01. The van der Waals surface area contributed by atoms with E-state index in [9.17, 15) is 9.00 Å². The molecular weight excluding hydrogens is 226 g/mol. The molecule has 1 aromatic rings. The summed E-state index contributed by atoms with van der Waals surface area (Å²) in [5, 5.41) is 2.96. The van der Waals surface area contributed by atoms with Gasteiger partial charge in [-0.1, -0.05) is 0 Å². The summed E-state index contributed by atoms with van der Waals surface area (Å²) in [4.78, 5) is 15.7. The lowest BCUT2D eigenvalue weighted by Crippen LogP contribution is -2.24. The molecule has 1 N–H and O–H groups in total. The second-order valence-electron chi connectivity index (χ2n) is 3.42. The van der Waals surface area contributed by atoms with Crippen molar-refractivity contribution in [1.82, 2.24) is 9.55 Å². The zero-order valence-corrected chi connectivity index (χ0v) is 10.4. The van der Waals surface area contributed by atoms with Gasteiger partial charge in [-0.05, 0) is 13.3 Å². The third-order valence-corrected chi connectivity index (χ3v) is 3.02. The maximum absolute atomic E-state index is 11.7. The monoisotopic (exact) mass is 243 g/mol. The van der Waals surface area contributed by atoms with Gasteiger partial charge in [0.15, 0.2) is 5.82 Å². The van der Waals surface area contributed by atoms with Gasteiger partial charge in [-0.3, -0.25) is 9.00 Å². The topological polar surface area (TPSA) is 64.0 Å². The van der Waals surface area contributed by atoms with Gasteiger partial charge in [-0.25, -0.2) is 4.98 Å². The van der Waals surface area contributed by atoms with Crippen molar-refractivity contribution in [2.24, 2.45) is 0 Å². The molecule has 6 heteroatoms. The first-order chi connectivity index (χ1) is 7.65. The first-order valence-corrected chi connectivity index (χ1v) is 6.97. The molecule has 0 aromatic carbocycles. The number of hydrogen-bond donors (Lipinski definition) is 1. The Hall–Kier alpha value is -1.17. The summed E-state index contributed by atoms with van der Waals surface area (Å²) < 4.78 is 12.4. The van der Waals surface area contributed by atoms with Crippen LogP contribution in [0.3, 0.4) is 0 Å². The van der Waals surface area contributed by atoms with Crippen molar-refractivity contribution in [2.75, 3.05) is 23.9 Å². The number of nitrogens with one attached hydrogen (secondary N) is 1. The van der Waals surface area contributed by atoms with Gasteiger partial charge in [0, 0.05) is 48.3 Å². The Labute approximate surface area is 97.4 Å². The lowest BCUT2D eigenvalue weighted by molar-refractivity contribution is 0.684. The van der Waals surface area contributed by atoms with Gasteiger partial charge < -0.3 is 9.88 Å². The number of aryl methyl sites for hydroxylation is 1. The Balaban J connectivity index is 2.54. The van der Waals surface area contributed by atoms with Gasteiger partial charge in [0.25, 0.3) is 5.56 Å². The minimum atomic E-state index is -0.779. The molecule has 0 radical (unpaired) electrons. The fraction of sp³-hybridized carbons (Fsp3) is 0.600. The second-order valence-corrected chi connectivity index (χ2v) is 4.98. The van der Waals surface area contributed by atoms with E-state index in [4.69, 9.17) is 0 Å². The summed E-state index contributed by atoms with van der Waals surface area (Å²) in [7, 11) is -0.779. The van der Waals surface area contributed by atoms with E-state index in [2.05, 4.69) is 10.3 Å². The first kappa shape index (κ1) is 12.9. The van der Waals surface area contributed by atoms with Gasteiger partial charge >= 0.3 is 0 Å². The molecule has 1 rings (SSSR count). The predicted molar refractivity (Wildman–Crippen MR) is 66.2 cm³/mol. The molecule has 0 fully saturated rings. The smallest absolute Gasteiger partial charge is 0.293 e. The highest BCUT2D eigenvalue weighted by Crippen LogP contribution is 1.94. The van der Waals surface area contributed by atoms with Crippen LogP contribution in [0.2, 0.25) is 0 Å². The quantitative estimate of drug-likeness (QED) is 0.737. The summed E-state index contributed by atoms with van der Waals surface area (Å²) in [5.41, 5.74) is -0.109. The van der Waals surface area contributed by atoms with Crippen LogP contribution in [-0.2, 0) is 17.3 Å².